The smallest absolute Gasteiger partial charge is 0.161 e. The molecule has 3 nitrogen and oxygen atoms in total. The van der Waals surface area contributed by atoms with E-state index < -0.39 is 0 Å². The normalized spacial score (nSPS) is 12.1. The highest BCUT2D eigenvalue weighted by Gasteiger charge is 2.28. The molecule has 0 saturated carbocycles. The van der Waals surface area contributed by atoms with Crippen molar-refractivity contribution >= 4 is 0 Å². The van der Waals surface area contributed by atoms with Gasteiger partial charge in [-0.1, -0.05) is 52.8 Å². The SMILES string of the molecule is CC(C)Cc1nn(-c2ccccc2)c(C(C)(C)C)c1O. The molecular weight excluding hydrogens is 248 g/mol. The fourth-order valence-electron chi connectivity index (χ4n) is 2.41. The van der Waals surface area contributed by atoms with Gasteiger partial charge in [0.25, 0.3) is 0 Å². The van der Waals surface area contributed by atoms with Crippen molar-refractivity contribution in [3.05, 3.63) is 41.7 Å². The molecule has 1 aromatic heterocycles. The Hall–Kier alpha value is -1.77. The molecule has 1 heterocycles. The van der Waals surface area contributed by atoms with Gasteiger partial charge in [0.05, 0.1) is 11.4 Å². The fourth-order valence-corrected chi connectivity index (χ4v) is 2.41. The van der Waals surface area contributed by atoms with Crippen molar-refractivity contribution in [1.82, 2.24) is 9.78 Å². The van der Waals surface area contributed by atoms with Crippen LogP contribution in [0.15, 0.2) is 30.3 Å². The number of hydrogen-bond donors (Lipinski definition) is 1. The number of nitrogens with zero attached hydrogens (tertiary/aromatic N) is 2. The van der Waals surface area contributed by atoms with E-state index in [4.69, 9.17) is 0 Å². The Labute approximate surface area is 121 Å². The van der Waals surface area contributed by atoms with Crippen LogP contribution >= 0.6 is 0 Å². The number of rotatable bonds is 3. The van der Waals surface area contributed by atoms with Crippen LogP contribution in [0.2, 0.25) is 0 Å². The number of benzene rings is 1. The highest BCUT2D eigenvalue weighted by atomic mass is 16.3. The lowest BCUT2D eigenvalue weighted by molar-refractivity contribution is 0.432. The summed E-state index contributed by atoms with van der Waals surface area (Å²) in [5, 5.41) is 15.2. The third kappa shape index (κ3) is 2.87. The molecule has 0 unspecified atom stereocenters. The van der Waals surface area contributed by atoms with E-state index in [0.29, 0.717) is 11.7 Å². The number of aromatic hydroxyl groups is 1. The second kappa shape index (κ2) is 5.31. The summed E-state index contributed by atoms with van der Waals surface area (Å²) >= 11 is 0. The summed E-state index contributed by atoms with van der Waals surface area (Å²) < 4.78 is 1.88. The van der Waals surface area contributed by atoms with E-state index in [1.165, 1.54) is 0 Å². The molecule has 0 aliphatic heterocycles. The fraction of sp³-hybridized carbons (Fsp3) is 0.471. The molecule has 0 saturated heterocycles. The molecule has 1 aromatic carbocycles. The van der Waals surface area contributed by atoms with Crippen LogP contribution in [0.4, 0.5) is 0 Å². The molecule has 1 N–H and O–H groups in total. The summed E-state index contributed by atoms with van der Waals surface area (Å²) in [4.78, 5) is 0. The average Bonchev–Trinajstić information content (AvgIpc) is 2.67. The zero-order chi connectivity index (χ0) is 14.9. The Balaban J connectivity index is 2.61. The first kappa shape index (κ1) is 14.6. The maximum absolute atomic E-state index is 10.6. The summed E-state index contributed by atoms with van der Waals surface area (Å²) in [6.07, 6.45) is 0.786. The van der Waals surface area contributed by atoms with E-state index in [1.807, 2.05) is 35.0 Å². The van der Waals surface area contributed by atoms with Crippen LogP contribution in [0.3, 0.4) is 0 Å². The van der Waals surface area contributed by atoms with Crippen molar-refractivity contribution in [3.8, 4) is 11.4 Å². The minimum atomic E-state index is -0.165. The Kier molecular flexibility index (Phi) is 3.89. The molecule has 108 valence electrons. The average molecular weight is 272 g/mol. The van der Waals surface area contributed by atoms with Gasteiger partial charge in [-0.05, 0) is 24.5 Å². The van der Waals surface area contributed by atoms with Crippen molar-refractivity contribution < 1.29 is 5.11 Å². The van der Waals surface area contributed by atoms with Gasteiger partial charge in [0.2, 0.25) is 0 Å². The number of para-hydroxylation sites is 1. The molecule has 0 radical (unpaired) electrons. The summed E-state index contributed by atoms with van der Waals surface area (Å²) in [6, 6.07) is 9.99. The third-order valence-electron chi connectivity index (χ3n) is 3.24. The first-order valence-corrected chi connectivity index (χ1v) is 7.17. The van der Waals surface area contributed by atoms with E-state index in [2.05, 4.69) is 39.7 Å². The largest absolute Gasteiger partial charge is 0.504 e. The van der Waals surface area contributed by atoms with E-state index in [9.17, 15) is 5.11 Å². The lowest BCUT2D eigenvalue weighted by Crippen LogP contribution is -2.17. The molecule has 0 amide bonds. The minimum Gasteiger partial charge on any atom is -0.504 e. The first-order chi connectivity index (χ1) is 9.30. The molecule has 0 bridgehead atoms. The van der Waals surface area contributed by atoms with Gasteiger partial charge < -0.3 is 5.11 Å². The molecule has 0 aliphatic carbocycles. The molecule has 3 heteroatoms. The Morgan fingerprint density at radius 3 is 2.25 bits per heavy atom. The quantitative estimate of drug-likeness (QED) is 0.914. The predicted molar refractivity (Wildman–Crippen MR) is 82.5 cm³/mol. The molecular formula is C17H24N2O. The van der Waals surface area contributed by atoms with Gasteiger partial charge in [-0.3, -0.25) is 0 Å². The van der Waals surface area contributed by atoms with Crippen molar-refractivity contribution in [1.29, 1.82) is 0 Å². The van der Waals surface area contributed by atoms with Crippen molar-refractivity contribution in [2.75, 3.05) is 0 Å². The molecule has 0 fully saturated rings. The van der Waals surface area contributed by atoms with Crippen LogP contribution in [0, 0.1) is 5.92 Å². The van der Waals surface area contributed by atoms with Gasteiger partial charge in [0, 0.05) is 5.41 Å². The van der Waals surface area contributed by atoms with Crippen LogP contribution in [-0.2, 0) is 11.8 Å². The zero-order valence-electron chi connectivity index (χ0n) is 13.0. The lowest BCUT2D eigenvalue weighted by Gasteiger charge is -2.20. The van der Waals surface area contributed by atoms with E-state index in [1.54, 1.807) is 0 Å². The summed E-state index contributed by atoms with van der Waals surface area (Å²) in [7, 11) is 0. The maximum Gasteiger partial charge on any atom is 0.161 e. The number of hydrogen-bond acceptors (Lipinski definition) is 2. The zero-order valence-corrected chi connectivity index (χ0v) is 13.0. The summed E-state index contributed by atoms with van der Waals surface area (Å²) in [5.41, 5.74) is 2.48. The third-order valence-corrected chi connectivity index (χ3v) is 3.24. The predicted octanol–water partition coefficient (Wildman–Crippen LogP) is 4.07. The Morgan fingerprint density at radius 1 is 1.15 bits per heavy atom. The second-order valence-corrected chi connectivity index (χ2v) is 6.74. The van der Waals surface area contributed by atoms with Gasteiger partial charge in [0.15, 0.2) is 5.75 Å². The van der Waals surface area contributed by atoms with Crippen molar-refractivity contribution in [3.63, 3.8) is 0 Å². The summed E-state index contributed by atoms with van der Waals surface area (Å²) in [6.45, 7) is 10.6. The Morgan fingerprint density at radius 2 is 1.75 bits per heavy atom. The van der Waals surface area contributed by atoms with Gasteiger partial charge >= 0.3 is 0 Å². The molecule has 20 heavy (non-hydrogen) atoms. The van der Waals surface area contributed by atoms with Gasteiger partial charge in [-0.25, -0.2) is 4.68 Å². The minimum absolute atomic E-state index is 0.165. The highest BCUT2D eigenvalue weighted by Crippen LogP contribution is 2.35. The Bertz CT molecular complexity index is 577. The molecule has 2 rings (SSSR count). The van der Waals surface area contributed by atoms with Crippen molar-refractivity contribution in [2.24, 2.45) is 5.92 Å². The molecule has 0 atom stereocenters. The highest BCUT2D eigenvalue weighted by molar-refractivity contribution is 5.44. The maximum atomic E-state index is 10.6. The van der Waals surface area contributed by atoms with Crippen LogP contribution in [-0.4, -0.2) is 14.9 Å². The van der Waals surface area contributed by atoms with Crippen LogP contribution < -0.4 is 0 Å². The molecule has 2 aromatic rings. The molecule has 0 spiro atoms. The first-order valence-electron chi connectivity index (χ1n) is 7.17. The van der Waals surface area contributed by atoms with Gasteiger partial charge in [-0.15, -0.1) is 0 Å². The topological polar surface area (TPSA) is 38.0 Å². The second-order valence-electron chi connectivity index (χ2n) is 6.74. The monoisotopic (exact) mass is 272 g/mol. The van der Waals surface area contributed by atoms with Crippen LogP contribution in [0.5, 0.6) is 5.75 Å². The summed E-state index contributed by atoms with van der Waals surface area (Å²) in [5.74, 6) is 0.808. The van der Waals surface area contributed by atoms with Crippen molar-refractivity contribution in [2.45, 2.75) is 46.5 Å². The van der Waals surface area contributed by atoms with Crippen LogP contribution in [0.1, 0.15) is 46.0 Å². The van der Waals surface area contributed by atoms with Gasteiger partial charge in [-0.2, -0.15) is 5.10 Å². The van der Waals surface area contributed by atoms with E-state index in [0.717, 1.165) is 23.5 Å². The van der Waals surface area contributed by atoms with E-state index in [-0.39, 0.29) is 5.41 Å². The molecule has 0 aliphatic rings. The van der Waals surface area contributed by atoms with E-state index >= 15 is 0 Å². The lowest BCUT2D eigenvalue weighted by atomic mass is 9.90. The van der Waals surface area contributed by atoms with Crippen LogP contribution in [0.25, 0.3) is 5.69 Å². The standard InChI is InChI=1S/C17H24N2O/c1-12(2)11-14-15(20)16(17(3,4)5)19(18-14)13-9-7-6-8-10-13/h6-10,12,20H,11H2,1-5H3. The van der Waals surface area contributed by atoms with Gasteiger partial charge in [0.1, 0.15) is 5.69 Å². The number of aromatic nitrogens is 2.